The molecule has 2 N–H and O–H groups in total. The van der Waals surface area contributed by atoms with Crippen LogP contribution in [0, 0.1) is 12.3 Å². The number of aryl methyl sites for hydroxylation is 1. The van der Waals surface area contributed by atoms with Crippen LogP contribution >= 0.6 is 0 Å². The molecule has 0 aliphatic carbocycles. The second kappa shape index (κ2) is 6.59. The van der Waals surface area contributed by atoms with Crippen LogP contribution in [0.15, 0.2) is 12.3 Å². The van der Waals surface area contributed by atoms with Crippen molar-refractivity contribution in [3.63, 3.8) is 0 Å². The van der Waals surface area contributed by atoms with Gasteiger partial charge in [0.2, 0.25) is 5.91 Å². The minimum atomic E-state index is -0.498. The van der Waals surface area contributed by atoms with Crippen LogP contribution < -0.4 is 0 Å². The Morgan fingerprint density at radius 3 is 2.67 bits per heavy atom. The van der Waals surface area contributed by atoms with E-state index in [1.807, 2.05) is 22.8 Å². The first-order valence-electron chi connectivity index (χ1n) is 8.79. The van der Waals surface area contributed by atoms with E-state index in [-0.39, 0.29) is 17.2 Å². The lowest BCUT2D eigenvalue weighted by Crippen LogP contribution is -2.53. The maximum absolute atomic E-state index is 12.6. The van der Waals surface area contributed by atoms with Gasteiger partial charge in [0.25, 0.3) is 5.91 Å². The number of carbonyl (C=O) groups is 2. The van der Waals surface area contributed by atoms with Crippen LogP contribution in [0.25, 0.3) is 0 Å². The van der Waals surface area contributed by atoms with Crippen LogP contribution in [0.1, 0.15) is 48.7 Å². The Morgan fingerprint density at radius 1 is 1.38 bits per heavy atom. The molecule has 2 saturated heterocycles. The SMILES string of the molecule is Cc1[nH]ccc1C(=O)N1CCC2(CCC(=O)N(C[C@@H](C)O)C2)CC1. The number of rotatable bonds is 3. The molecular weight excluding hydrogens is 306 g/mol. The molecule has 0 radical (unpaired) electrons. The lowest BCUT2D eigenvalue weighted by molar-refractivity contribution is -0.140. The number of carbonyl (C=O) groups excluding carboxylic acids is 2. The van der Waals surface area contributed by atoms with Gasteiger partial charge in [0.15, 0.2) is 0 Å². The van der Waals surface area contributed by atoms with Crippen LogP contribution in [-0.4, -0.2) is 64.0 Å². The highest BCUT2D eigenvalue weighted by Gasteiger charge is 2.42. The van der Waals surface area contributed by atoms with Crippen molar-refractivity contribution in [3.05, 3.63) is 23.5 Å². The topological polar surface area (TPSA) is 76.6 Å². The molecule has 2 amide bonds. The molecule has 3 heterocycles. The summed E-state index contributed by atoms with van der Waals surface area (Å²) in [6.45, 7) is 6.22. The summed E-state index contributed by atoms with van der Waals surface area (Å²) in [4.78, 5) is 31.5. The number of aliphatic hydroxyl groups is 1. The molecule has 2 fully saturated rings. The Balaban J connectivity index is 1.63. The second-order valence-electron chi connectivity index (χ2n) is 7.43. The smallest absolute Gasteiger partial charge is 0.255 e. The minimum Gasteiger partial charge on any atom is -0.392 e. The third-order valence-electron chi connectivity index (χ3n) is 5.53. The highest BCUT2D eigenvalue weighted by molar-refractivity contribution is 5.95. The van der Waals surface area contributed by atoms with Gasteiger partial charge < -0.3 is 19.9 Å². The monoisotopic (exact) mass is 333 g/mol. The van der Waals surface area contributed by atoms with Gasteiger partial charge in [-0.25, -0.2) is 0 Å². The van der Waals surface area contributed by atoms with Gasteiger partial charge in [-0.2, -0.15) is 0 Å². The third-order valence-corrected chi connectivity index (χ3v) is 5.53. The molecule has 1 atom stereocenters. The number of β-amino-alcohol motifs (C(OH)–C–C–N with tert-alkyl or cyclic N) is 1. The number of likely N-dealkylation sites (tertiary alicyclic amines) is 2. The van der Waals surface area contributed by atoms with Crippen molar-refractivity contribution in [2.75, 3.05) is 26.2 Å². The Labute approximate surface area is 142 Å². The number of hydrogen-bond acceptors (Lipinski definition) is 3. The van der Waals surface area contributed by atoms with Crippen molar-refractivity contribution in [1.29, 1.82) is 0 Å². The molecule has 2 aliphatic heterocycles. The molecule has 1 aromatic heterocycles. The van der Waals surface area contributed by atoms with E-state index in [1.165, 1.54) is 0 Å². The number of nitrogens with zero attached hydrogens (tertiary/aromatic N) is 2. The first-order valence-corrected chi connectivity index (χ1v) is 8.79. The van der Waals surface area contributed by atoms with Crippen molar-refractivity contribution >= 4 is 11.8 Å². The van der Waals surface area contributed by atoms with Gasteiger partial charge in [-0.15, -0.1) is 0 Å². The first kappa shape index (κ1) is 17.0. The minimum absolute atomic E-state index is 0.0938. The predicted molar refractivity (Wildman–Crippen MR) is 90.6 cm³/mol. The Kier molecular flexibility index (Phi) is 4.67. The van der Waals surface area contributed by atoms with Gasteiger partial charge in [0.1, 0.15) is 0 Å². The van der Waals surface area contributed by atoms with Crippen LogP contribution in [0.3, 0.4) is 0 Å². The molecule has 2 aliphatic rings. The van der Waals surface area contributed by atoms with Gasteiger partial charge in [-0.3, -0.25) is 9.59 Å². The average molecular weight is 333 g/mol. The number of hydrogen-bond donors (Lipinski definition) is 2. The molecule has 24 heavy (non-hydrogen) atoms. The molecule has 6 heteroatoms. The summed E-state index contributed by atoms with van der Waals surface area (Å²) >= 11 is 0. The highest BCUT2D eigenvalue weighted by Crippen LogP contribution is 2.40. The van der Waals surface area contributed by atoms with Gasteiger partial charge in [0, 0.05) is 44.5 Å². The van der Waals surface area contributed by atoms with E-state index in [1.54, 1.807) is 13.1 Å². The van der Waals surface area contributed by atoms with Crippen LogP contribution in [0.2, 0.25) is 0 Å². The number of aliphatic hydroxyl groups excluding tert-OH is 1. The quantitative estimate of drug-likeness (QED) is 0.881. The molecule has 132 valence electrons. The van der Waals surface area contributed by atoms with Crippen molar-refractivity contribution in [2.45, 2.75) is 45.6 Å². The van der Waals surface area contributed by atoms with E-state index in [4.69, 9.17) is 0 Å². The maximum atomic E-state index is 12.6. The molecule has 3 rings (SSSR count). The van der Waals surface area contributed by atoms with Crippen LogP contribution in [0.4, 0.5) is 0 Å². The van der Waals surface area contributed by atoms with Crippen molar-refractivity contribution in [2.24, 2.45) is 5.41 Å². The van der Waals surface area contributed by atoms with Crippen molar-refractivity contribution in [3.8, 4) is 0 Å². The Bertz CT molecular complexity index is 615. The summed E-state index contributed by atoms with van der Waals surface area (Å²) in [7, 11) is 0. The van der Waals surface area contributed by atoms with Crippen molar-refractivity contribution in [1.82, 2.24) is 14.8 Å². The molecule has 0 saturated carbocycles. The standard InChI is InChI=1S/C18H27N3O3/c1-13(22)11-21-12-18(5-3-16(21)23)6-9-20(10-7-18)17(24)15-4-8-19-14(15)2/h4,8,13,19,22H,3,5-7,9-12H2,1-2H3/t13-/m1/s1. The van der Waals surface area contributed by atoms with Crippen LogP contribution in [0.5, 0.6) is 0 Å². The molecule has 6 nitrogen and oxygen atoms in total. The zero-order valence-corrected chi connectivity index (χ0v) is 14.5. The molecule has 0 unspecified atom stereocenters. The Morgan fingerprint density at radius 2 is 2.08 bits per heavy atom. The largest absolute Gasteiger partial charge is 0.392 e. The number of nitrogens with one attached hydrogen (secondary N) is 1. The zero-order valence-electron chi connectivity index (χ0n) is 14.5. The van der Waals surface area contributed by atoms with E-state index in [0.29, 0.717) is 19.5 Å². The van der Waals surface area contributed by atoms with Gasteiger partial charge >= 0.3 is 0 Å². The van der Waals surface area contributed by atoms with E-state index >= 15 is 0 Å². The van der Waals surface area contributed by atoms with Crippen LogP contribution in [-0.2, 0) is 4.79 Å². The number of piperidine rings is 2. The van der Waals surface area contributed by atoms with E-state index in [9.17, 15) is 14.7 Å². The molecular formula is C18H27N3O3. The summed E-state index contributed by atoms with van der Waals surface area (Å²) in [6, 6.07) is 1.84. The first-order chi connectivity index (χ1) is 11.4. The summed E-state index contributed by atoms with van der Waals surface area (Å²) in [5, 5.41) is 9.61. The summed E-state index contributed by atoms with van der Waals surface area (Å²) < 4.78 is 0. The van der Waals surface area contributed by atoms with Gasteiger partial charge in [-0.1, -0.05) is 0 Å². The predicted octanol–water partition coefficient (Wildman–Crippen LogP) is 1.55. The number of aromatic nitrogens is 1. The third kappa shape index (κ3) is 3.34. The molecule has 0 aromatic carbocycles. The number of aromatic amines is 1. The maximum Gasteiger partial charge on any atom is 0.255 e. The summed E-state index contributed by atoms with van der Waals surface area (Å²) in [5.74, 6) is 0.235. The normalized spacial score (nSPS) is 22.0. The molecule has 1 aromatic rings. The van der Waals surface area contributed by atoms with Gasteiger partial charge in [0.05, 0.1) is 11.7 Å². The molecule has 1 spiro atoms. The number of amides is 2. The average Bonchev–Trinajstić information content (AvgIpc) is 2.97. The fourth-order valence-corrected chi connectivity index (χ4v) is 4.03. The fraction of sp³-hybridized carbons (Fsp3) is 0.667. The zero-order chi connectivity index (χ0) is 17.3. The van der Waals surface area contributed by atoms with E-state index in [2.05, 4.69) is 4.98 Å². The highest BCUT2D eigenvalue weighted by atomic mass is 16.3. The van der Waals surface area contributed by atoms with Gasteiger partial charge in [-0.05, 0) is 44.6 Å². The lowest BCUT2D eigenvalue weighted by atomic mass is 9.72. The second-order valence-corrected chi connectivity index (χ2v) is 7.43. The number of H-pyrrole nitrogens is 1. The Hall–Kier alpha value is -1.82. The molecule has 0 bridgehead atoms. The van der Waals surface area contributed by atoms with Crippen molar-refractivity contribution < 1.29 is 14.7 Å². The summed E-state index contributed by atoms with van der Waals surface area (Å²) in [6.07, 6.45) is 4.60. The lowest BCUT2D eigenvalue weighted by Gasteiger charge is -2.47. The van der Waals surface area contributed by atoms with E-state index in [0.717, 1.165) is 43.6 Å². The van der Waals surface area contributed by atoms with E-state index < -0.39 is 6.10 Å². The summed E-state index contributed by atoms with van der Waals surface area (Å²) in [5.41, 5.74) is 1.76. The fourth-order valence-electron chi connectivity index (χ4n) is 4.03.